The summed E-state index contributed by atoms with van der Waals surface area (Å²) >= 11 is 10.9. The van der Waals surface area contributed by atoms with Crippen LogP contribution in [0.2, 0.25) is 5.02 Å². The predicted octanol–water partition coefficient (Wildman–Crippen LogP) is 5.49. The van der Waals surface area contributed by atoms with Crippen LogP contribution in [0.3, 0.4) is 0 Å². The molecule has 3 aromatic rings. The molecule has 1 aromatic heterocycles. The second-order valence-corrected chi connectivity index (χ2v) is 6.69. The number of nitrogens with zero attached hydrogens (tertiary/aromatic N) is 2. The highest BCUT2D eigenvalue weighted by Crippen LogP contribution is 2.33. The third-order valence-corrected chi connectivity index (χ3v) is 4.39. The fourth-order valence-electron chi connectivity index (χ4n) is 2.34. The van der Waals surface area contributed by atoms with Crippen molar-refractivity contribution in [1.29, 1.82) is 0 Å². The quantitative estimate of drug-likeness (QED) is 0.559. The Kier molecular flexibility index (Phi) is 5.57. The first-order chi connectivity index (χ1) is 13.1. The lowest BCUT2D eigenvalue weighted by molar-refractivity contribution is -0.137. The Hall–Kier alpha value is -2.65. The molecule has 2 aromatic carbocycles. The number of aromatic nitrogens is 2. The van der Waals surface area contributed by atoms with E-state index in [0.29, 0.717) is 5.56 Å². The van der Waals surface area contributed by atoms with Gasteiger partial charge in [-0.3, -0.25) is 4.79 Å². The van der Waals surface area contributed by atoms with Crippen molar-refractivity contribution in [3.8, 4) is 11.5 Å². The summed E-state index contributed by atoms with van der Waals surface area (Å²) in [6.07, 6.45) is -4.55. The lowest BCUT2D eigenvalue weighted by Crippen LogP contribution is -2.20. The molecule has 0 aliphatic carbocycles. The highest BCUT2D eigenvalue weighted by atomic mass is 35.5. The number of nitrogens with one attached hydrogen (secondary N) is 1. The van der Waals surface area contributed by atoms with Gasteiger partial charge in [-0.25, -0.2) is 4.68 Å². The molecule has 1 N–H and O–H groups in total. The van der Waals surface area contributed by atoms with Gasteiger partial charge >= 0.3 is 6.18 Å². The third kappa shape index (κ3) is 4.60. The number of carbonyl (C=O) groups is 1. The number of halogens is 4. The highest BCUT2D eigenvalue weighted by Gasteiger charge is 2.31. The molecular formula is C18H13ClF3N3O2S. The Morgan fingerprint density at radius 2 is 1.93 bits per heavy atom. The molecule has 0 radical (unpaired) electrons. The molecule has 0 spiro atoms. The summed E-state index contributed by atoms with van der Waals surface area (Å²) < 4.78 is 45.0. The monoisotopic (exact) mass is 427 g/mol. The van der Waals surface area contributed by atoms with Gasteiger partial charge in [-0.05, 0) is 49.5 Å². The summed E-state index contributed by atoms with van der Waals surface area (Å²) in [5.74, 6) is -0.420. The van der Waals surface area contributed by atoms with E-state index in [1.165, 1.54) is 0 Å². The Labute approximate surface area is 167 Å². The zero-order chi connectivity index (χ0) is 20.5. The van der Waals surface area contributed by atoms with Crippen molar-refractivity contribution in [3.63, 3.8) is 0 Å². The smallest absolute Gasteiger partial charge is 0.409 e. The molecule has 1 heterocycles. The minimum absolute atomic E-state index is 0.0227. The molecule has 0 fully saturated rings. The number of aryl methyl sites for hydroxylation is 1. The van der Waals surface area contributed by atoms with Crippen molar-refractivity contribution < 1.29 is 22.4 Å². The Bertz CT molecular complexity index is 1070. The van der Waals surface area contributed by atoms with E-state index in [9.17, 15) is 18.0 Å². The first-order valence-corrected chi connectivity index (χ1v) is 8.74. The van der Waals surface area contributed by atoms with E-state index in [2.05, 4.69) is 10.4 Å². The normalized spacial score (nSPS) is 11.5. The average Bonchev–Trinajstić information content (AvgIpc) is 2.97. The number of amides is 1. The molecule has 146 valence electrons. The first-order valence-electron chi connectivity index (χ1n) is 7.95. The maximum atomic E-state index is 12.8. The zero-order valence-electron chi connectivity index (χ0n) is 14.4. The van der Waals surface area contributed by atoms with Crippen molar-refractivity contribution in [2.75, 3.05) is 5.32 Å². The molecule has 0 aliphatic heterocycles. The van der Waals surface area contributed by atoms with Crippen LogP contribution in [-0.4, -0.2) is 15.7 Å². The fourth-order valence-corrected chi connectivity index (χ4v) is 2.69. The number of carbonyl (C=O) groups excluding carboxylic acids is 1. The molecule has 0 aliphatic rings. The van der Waals surface area contributed by atoms with Crippen LogP contribution in [0.25, 0.3) is 11.5 Å². The van der Waals surface area contributed by atoms with Crippen LogP contribution in [-0.2, 0) is 17.5 Å². The van der Waals surface area contributed by atoms with Crippen LogP contribution in [0.5, 0.6) is 0 Å². The van der Waals surface area contributed by atoms with Gasteiger partial charge in [0.1, 0.15) is 6.54 Å². The number of benzene rings is 2. The number of hydrogen-bond donors (Lipinski definition) is 1. The van der Waals surface area contributed by atoms with Gasteiger partial charge in [-0.15, -0.1) is 5.10 Å². The third-order valence-electron chi connectivity index (χ3n) is 3.77. The van der Waals surface area contributed by atoms with Crippen molar-refractivity contribution in [3.05, 3.63) is 63.5 Å². The van der Waals surface area contributed by atoms with Gasteiger partial charge in [0.05, 0.1) is 16.3 Å². The Balaban J connectivity index is 1.77. The van der Waals surface area contributed by atoms with Crippen LogP contribution < -0.4 is 5.32 Å². The molecule has 0 saturated heterocycles. The maximum absolute atomic E-state index is 12.8. The van der Waals surface area contributed by atoms with E-state index < -0.39 is 17.6 Å². The van der Waals surface area contributed by atoms with Crippen LogP contribution >= 0.6 is 23.8 Å². The van der Waals surface area contributed by atoms with Gasteiger partial charge < -0.3 is 9.73 Å². The Morgan fingerprint density at radius 1 is 1.25 bits per heavy atom. The van der Waals surface area contributed by atoms with Crippen LogP contribution in [0.4, 0.5) is 18.9 Å². The second kappa shape index (κ2) is 7.76. The minimum Gasteiger partial charge on any atom is -0.409 e. The largest absolute Gasteiger partial charge is 0.416 e. The topological polar surface area (TPSA) is 60.1 Å². The summed E-state index contributed by atoms with van der Waals surface area (Å²) in [4.78, 5) is 12.2. The van der Waals surface area contributed by atoms with Gasteiger partial charge in [0.15, 0.2) is 0 Å². The van der Waals surface area contributed by atoms with E-state index in [4.69, 9.17) is 28.2 Å². The summed E-state index contributed by atoms with van der Waals surface area (Å²) in [6.45, 7) is 1.59. The molecule has 5 nitrogen and oxygen atoms in total. The highest BCUT2D eigenvalue weighted by molar-refractivity contribution is 7.71. The predicted molar refractivity (Wildman–Crippen MR) is 101 cm³/mol. The van der Waals surface area contributed by atoms with Crippen molar-refractivity contribution in [2.24, 2.45) is 0 Å². The van der Waals surface area contributed by atoms with Gasteiger partial charge in [-0.1, -0.05) is 29.3 Å². The molecule has 0 unspecified atom stereocenters. The van der Waals surface area contributed by atoms with Gasteiger partial charge in [0.2, 0.25) is 11.8 Å². The summed E-state index contributed by atoms with van der Waals surface area (Å²) in [7, 11) is 0. The van der Waals surface area contributed by atoms with E-state index in [1.54, 1.807) is 12.1 Å². The molecule has 0 bridgehead atoms. The second-order valence-electron chi connectivity index (χ2n) is 5.94. The summed E-state index contributed by atoms with van der Waals surface area (Å²) in [6, 6.07) is 9.99. The standard InChI is InChI=1S/C18H13ClF3N3O2S/c1-10-2-4-11(5-3-10)16-24-25(17(28)27-16)9-15(26)23-14-8-12(18(20,21)22)6-7-13(14)19/h2-8H,9H2,1H3,(H,23,26). The van der Waals surface area contributed by atoms with Crippen LogP contribution in [0, 0.1) is 11.8 Å². The van der Waals surface area contributed by atoms with Crippen LogP contribution in [0.1, 0.15) is 11.1 Å². The lowest BCUT2D eigenvalue weighted by Gasteiger charge is -2.11. The molecule has 0 atom stereocenters. The SMILES string of the molecule is Cc1ccc(-c2nn(CC(=O)Nc3cc(C(F)(F)F)ccc3Cl)c(=S)o2)cc1. The lowest BCUT2D eigenvalue weighted by atomic mass is 10.1. The fraction of sp³-hybridized carbons (Fsp3) is 0.167. The zero-order valence-corrected chi connectivity index (χ0v) is 16.0. The number of alkyl halides is 3. The van der Waals surface area contributed by atoms with E-state index in [1.807, 2.05) is 19.1 Å². The number of hydrogen-bond acceptors (Lipinski definition) is 4. The Morgan fingerprint density at radius 3 is 2.57 bits per heavy atom. The van der Waals surface area contributed by atoms with E-state index in [0.717, 1.165) is 28.4 Å². The molecule has 28 heavy (non-hydrogen) atoms. The minimum atomic E-state index is -4.55. The number of anilines is 1. The average molecular weight is 428 g/mol. The molecular weight excluding hydrogens is 415 g/mol. The summed E-state index contributed by atoms with van der Waals surface area (Å²) in [5.41, 5.74) is 0.651. The molecule has 3 rings (SSSR count). The van der Waals surface area contributed by atoms with Crippen molar-refractivity contribution >= 4 is 35.4 Å². The molecule has 0 saturated carbocycles. The van der Waals surface area contributed by atoms with E-state index in [-0.39, 0.29) is 28.0 Å². The van der Waals surface area contributed by atoms with Crippen molar-refractivity contribution in [2.45, 2.75) is 19.6 Å². The molecule has 1 amide bonds. The van der Waals surface area contributed by atoms with Gasteiger partial charge in [0, 0.05) is 5.56 Å². The van der Waals surface area contributed by atoms with Crippen LogP contribution in [0.15, 0.2) is 46.9 Å². The van der Waals surface area contributed by atoms with Gasteiger partial charge in [0.25, 0.3) is 4.84 Å². The van der Waals surface area contributed by atoms with Gasteiger partial charge in [-0.2, -0.15) is 13.2 Å². The maximum Gasteiger partial charge on any atom is 0.416 e. The number of rotatable bonds is 4. The molecule has 10 heteroatoms. The van der Waals surface area contributed by atoms with E-state index >= 15 is 0 Å². The first kappa shape index (κ1) is 20.1. The summed E-state index contributed by atoms with van der Waals surface area (Å²) in [5, 5.41) is 6.46. The van der Waals surface area contributed by atoms with Crippen molar-refractivity contribution in [1.82, 2.24) is 9.78 Å².